The molecule has 0 amide bonds. The van der Waals surface area contributed by atoms with Gasteiger partial charge in [0.2, 0.25) is 0 Å². The topological polar surface area (TPSA) is 70.2 Å². The summed E-state index contributed by atoms with van der Waals surface area (Å²) in [7, 11) is 0. The first kappa shape index (κ1) is 20.5. The van der Waals surface area contributed by atoms with Gasteiger partial charge in [-0.15, -0.1) is 0 Å². The van der Waals surface area contributed by atoms with Crippen LogP contribution in [0.3, 0.4) is 0 Å². The third-order valence-corrected chi connectivity index (χ3v) is 5.73. The van der Waals surface area contributed by atoms with Crippen molar-refractivity contribution in [1.82, 2.24) is 20.2 Å². The van der Waals surface area contributed by atoms with Gasteiger partial charge < -0.3 is 19.9 Å². The first-order valence-corrected chi connectivity index (χ1v) is 10.6. The molecular formula is C23H26N4O2S. The second kappa shape index (κ2) is 9.36. The second-order valence-electron chi connectivity index (χ2n) is 7.75. The van der Waals surface area contributed by atoms with Crippen molar-refractivity contribution in [1.29, 1.82) is 0 Å². The molecule has 1 aromatic carbocycles. The maximum Gasteiger partial charge on any atom is 0.253 e. The Bertz CT molecular complexity index is 1080. The Balaban J connectivity index is 1.56. The van der Waals surface area contributed by atoms with Gasteiger partial charge in [0.05, 0.1) is 12.6 Å². The van der Waals surface area contributed by atoms with E-state index in [9.17, 15) is 4.79 Å². The smallest absolute Gasteiger partial charge is 0.253 e. The molecule has 1 aliphatic heterocycles. The lowest BCUT2D eigenvalue weighted by molar-refractivity contribution is 0.113. The van der Waals surface area contributed by atoms with Crippen molar-refractivity contribution >= 4 is 28.2 Å². The van der Waals surface area contributed by atoms with Crippen LogP contribution in [0.5, 0.6) is 0 Å². The van der Waals surface area contributed by atoms with Crippen LogP contribution in [0, 0.1) is 6.92 Å². The highest BCUT2D eigenvalue weighted by Gasteiger charge is 2.18. The molecule has 30 heavy (non-hydrogen) atoms. The van der Waals surface area contributed by atoms with E-state index in [1.54, 1.807) is 6.20 Å². The van der Waals surface area contributed by atoms with Gasteiger partial charge in [-0.3, -0.25) is 9.78 Å². The third-order valence-electron chi connectivity index (χ3n) is 5.33. The molecule has 0 radical (unpaired) electrons. The van der Waals surface area contributed by atoms with E-state index in [0.717, 1.165) is 41.5 Å². The predicted octanol–water partition coefficient (Wildman–Crippen LogP) is 3.29. The third kappa shape index (κ3) is 5.04. The summed E-state index contributed by atoms with van der Waals surface area (Å²) in [4.78, 5) is 21.9. The molecule has 0 saturated carbocycles. The average Bonchev–Trinajstić information content (AvgIpc) is 3.27. The summed E-state index contributed by atoms with van der Waals surface area (Å²) >= 11 is 5.69. The van der Waals surface area contributed by atoms with Crippen molar-refractivity contribution in [3.8, 4) is 0 Å². The number of ether oxygens (including phenoxy) is 1. The van der Waals surface area contributed by atoms with Crippen molar-refractivity contribution in [3.05, 3.63) is 75.8 Å². The van der Waals surface area contributed by atoms with Crippen molar-refractivity contribution < 1.29 is 4.74 Å². The standard InChI is InChI=1S/C23H26N4O2S/c1-16-6-7-21-18(10-16)11-19(22(28)26-21)15-27(14-17-4-2-8-24-12-17)23(30)25-13-20-5-3-9-29-20/h2,4,6-8,10-12,20H,3,5,9,13-15H2,1H3,(H,25,30)(H,26,28). The lowest BCUT2D eigenvalue weighted by atomic mass is 10.1. The number of benzene rings is 1. The van der Waals surface area contributed by atoms with Crippen LogP contribution in [0.2, 0.25) is 0 Å². The monoisotopic (exact) mass is 422 g/mol. The number of aromatic nitrogens is 2. The van der Waals surface area contributed by atoms with Crippen LogP contribution in [0.15, 0.2) is 53.6 Å². The van der Waals surface area contributed by atoms with E-state index in [0.29, 0.717) is 30.3 Å². The second-order valence-corrected chi connectivity index (χ2v) is 8.14. The summed E-state index contributed by atoms with van der Waals surface area (Å²) < 4.78 is 5.69. The molecule has 1 atom stereocenters. The van der Waals surface area contributed by atoms with E-state index in [-0.39, 0.29) is 11.7 Å². The molecule has 1 saturated heterocycles. The first-order chi connectivity index (χ1) is 14.6. The molecule has 0 aliphatic carbocycles. The highest BCUT2D eigenvalue weighted by molar-refractivity contribution is 7.80. The van der Waals surface area contributed by atoms with Crippen molar-refractivity contribution in [2.24, 2.45) is 0 Å². The molecule has 156 valence electrons. The molecule has 2 N–H and O–H groups in total. The van der Waals surface area contributed by atoms with Gasteiger partial charge in [0.1, 0.15) is 0 Å². The highest BCUT2D eigenvalue weighted by atomic mass is 32.1. The van der Waals surface area contributed by atoms with E-state index >= 15 is 0 Å². The normalized spacial score (nSPS) is 16.0. The quantitative estimate of drug-likeness (QED) is 0.594. The Morgan fingerprint density at radius 2 is 2.23 bits per heavy atom. The molecule has 1 aliphatic rings. The lowest BCUT2D eigenvalue weighted by Crippen LogP contribution is -2.42. The van der Waals surface area contributed by atoms with Gasteiger partial charge in [0.15, 0.2) is 5.11 Å². The van der Waals surface area contributed by atoms with Crippen LogP contribution >= 0.6 is 12.2 Å². The Hall–Kier alpha value is -2.77. The molecule has 6 nitrogen and oxygen atoms in total. The fourth-order valence-electron chi connectivity index (χ4n) is 3.72. The SMILES string of the molecule is Cc1ccc2[nH]c(=O)c(CN(Cc3cccnc3)C(=S)NCC3CCCO3)cc2c1. The van der Waals surface area contributed by atoms with Gasteiger partial charge in [0, 0.05) is 43.2 Å². The molecular weight excluding hydrogens is 396 g/mol. The zero-order valence-electron chi connectivity index (χ0n) is 17.1. The molecule has 3 aromatic rings. The van der Waals surface area contributed by atoms with Crippen LogP contribution in [-0.4, -0.2) is 39.2 Å². The number of fused-ring (bicyclic) bond motifs is 1. The zero-order chi connectivity index (χ0) is 20.9. The summed E-state index contributed by atoms with van der Waals surface area (Å²) in [6.45, 7) is 4.51. The summed E-state index contributed by atoms with van der Waals surface area (Å²) in [5.41, 5.74) is 3.61. The van der Waals surface area contributed by atoms with E-state index in [1.165, 1.54) is 0 Å². The number of hydrogen-bond donors (Lipinski definition) is 2. The van der Waals surface area contributed by atoms with Crippen LogP contribution in [-0.2, 0) is 17.8 Å². The molecule has 7 heteroatoms. The van der Waals surface area contributed by atoms with E-state index in [1.807, 2.05) is 48.4 Å². The van der Waals surface area contributed by atoms with E-state index in [2.05, 4.69) is 21.4 Å². The summed E-state index contributed by atoms with van der Waals surface area (Å²) in [6, 6.07) is 11.9. The van der Waals surface area contributed by atoms with Gasteiger partial charge >= 0.3 is 0 Å². The van der Waals surface area contributed by atoms with Crippen molar-refractivity contribution in [3.63, 3.8) is 0 Å². The fraction of sp³-hybridized carbons (Fsp3) is 0.348. The number of hydrogen-bond acceptors (Lipinski definition) is 4. The highest BCUT2D eigenvalue weighted by Crippen LogP contribution is 2.16. The van der Waals surface area contributed by atoms with E-state index < -0.39 is 0 Å². The predicted molar refractivity (Wildman–Crippen MR) is 122 cm³/mol. The number of rotatable bonds is 6. The van der Waals surface area contributed by atoms with Crippen LogP contribution in [0.1, 0.15) is 29.5 Å². The minimum atomic E-state index is -0.0931. The first-order valence-electron chi connectivity index (χ1n) is 10.2. The number of pyridine rings is 2. The van der Waals surface area contributed by atoms with Gasteiger partial charge in [0.25, 0.3) is 5.56 Å². The molecule has 0 spiro atoms. The van der Waals surface area contributed by atoms with Crippen LogP contribution in [0.25, 0.3) is 10.9 Å². The fourth-order valence-corrected chi connectivity index (χ4v) is 3.94. The molecule has 2 aromatic heterocycles. The zero-order valence-corrected chi connectivity index (χ0v) is 17.9. The van der Waals surface area contributed by atoms with Gasteiger partial charge in [-0.05, 0) is 67.2 Å². The van der Waals surface area contributed by atoms with Gasteiger partial charge in [-0.25, -0.2) is 0 Å². The molecule has 1 unspecified atom stereocenters. The number of H-pyrrole nitrogens is 1. The minimum absolute atomic E-state index is 0.0931. The maximum atomic E-state index is 12.7. The number of aryl methyl sites for hydroxylation is 1. The Morgan fingerprint density at radius 1 is 1.33 bits per heavy atom. The lowest BCUT2D eigenvalue weighted by Gasteiger charge is -2.26. The van der Waals surface area contributed by atoms with Gasteiger partial charge in [-0.2, -0.15) is 0 Å². The van der Waals surface area contributed by atoms with Crippen molar-refractivity contribution in [2.75, 3.05) is 13.2 Å². The number of thiocarbonyl (C=S) groups is 1. The largest absolute Gasteiger partial charge is 0.376 e. The van der Waals surface area contributed by atoms with Crippen LogP contribution in [0.4, 0.5) is 0 Å². The summed E-state index contributed by atoms with van der Waals surface area (Å²) in [5.74, 6) is 0. The molecule has 1 fully saturated rings. The molecule has 3 heterocycles. The Kier molecular flexibility index (Phi) is 6.40. The van der Waals surface area contributed by atoms with E-state index in [4.69, 9.17) is 17.0 Å². The summed E-state index contributed by atoms with van der Waals surface area (Å²) in [5, 5.41) is 4.96. The van der Waals surface area contributed by atoms with Gasteiger partial charge in [-0.1, -0.05) is 17.7 Å². The van der Waals surface area contributed by atoms with Crippen LogP contribution < -0.4 is 10.9 Å². The average molecular weight is 423 g/mol. The molecule has 4 rings (SSSR count). The number of aromatic amines is 1. The molecule has 0 bridgehead atoms. The Morgan fingerprint density at radius 3 is 3.00 bits per heavy atom. The Labute approximate surface area is 181 Å². The minimum Gasteiger partial charge on any atom is -0.376 e. The maximum absolute atomic E-state index is 12.7. The number of nitrogens with one attached hydrogen (secondary N) is 2. The van der Waals surface area contributed by atoms with Crippen molar-refractivity contribution in [2.45, 2.75) is 39.0 Å². The number of nitrogens with zero attached hydrogens (tertiary/aromatic N) is 2. The summed E-state index contributed by atoms with van der Waals surface area (Å²) in [6.07, 6.45) is 5.89.